The fourth-order valence-electron chi connectivity index (χ4n) is 2.64. The molecule has 2 aromatic rings. The van der Waals surface area contributed by atoms with Crippen LogP contribution in [0.1, 0.15) is 29.7 Å². The molecule has 5 nitrogen and oxygen atoms in total. The minimum atomic E-state index is -0.268. The van der Waals surface area contributed by atoms with Gasteiger partial charge in [0.15, 0.2) is 0 Å². The summed E-state index contributed by atoms with van der Waals surface area (Å²) < 4.78 is 10.5. The molecule has 0 saturated heterocycles. The number of aryl methyl sites for hydroxylation is 1. The Morgan fingerprint density at radius 2 is 1.91 bits per heavy atom. The number of nitrogens with zero attached hydrogens (tertiary/aromatic N) is 2. The van der Waals surface area contributed by atoms with Gasteiger partial charge >= 0.3 is 5.97 Å². The summed E-state index contributed by atoms with van der Waals surface area (Å²) in [7, 11) is 1.38. The first-order chi connectivity index (χ1) is 11.2. The van der Waals surface area contributed by atoms with E-state index in [2.05, 4.69) is 14.7 Å². The van der Waals surface area contributed by atoms with Crippen LogP contribution in [-0.4, -0.2) is 23.0 Å². The Morgan fingerprint density at radius 3 is 2.65 bits per heavy atom. The molecule has 1 aliphatic rings. The Labute approximate surface area is 139 Å². The van der Waals surface area contributed by atoms with Gasteiger partial charge in [-0.1, -0.05) is 12.1 Å². The minimum absolute atomic E-state index is 0.211. The summed E-state index contributed by atoms with van der Waals surface area (Å²) in [4.78, 5) is 19.8. The maximum absolute atomic E-state index is 11.3. The Hall–Kier alpha value is -2.14. The number of hydrogen-bond acceptors (Lipinski definition) is 5. The van der Waals surface area contributed by atoms with E-state index < -0.39 is 0 Å². The van der Waals surface area contributed by atoms with Crippen molar-refractivity contribution in [3.05, 3.63) is 46.4 Å². The molecule has 0 atom stereocenters. The number of fused-ring (bicyclic) bond motifs is 1. The SMILES string of the molecule is COC(=O)Cc1ccc(Oc2nc(Cl)nc3c2CCCC3)cc1. The van der Waals surface area contributed by atoms with E-state index in [4.69, 9.17) is 16.3 Å². The fourth-order valence-corrected chi connectivity index (χ4v) is 2.82. The summed E-state index contributed by atoms with van der Waals surface area (Å²) in [5, 5.41) is 0.211. The van der Waals surface area contributed by atoms with Crippen LogP contribution in [0.15, 0.2) is 24.3 Å². The number of hydrogen-bond donors (Lipinski definition) is 0. The van der Waals surface area contributed by atoms with Crippen LogP contribution < -0.4 is 4.74 Å². The number of esters is 1. The van der Waals surface area contributed by atoms with Gasteiger partial charge in [-0.25, -0.2) is 4.98 Å². The van der Waals surface area contributed by atoms with Crippen LogP contribution in [0.4, 0.5) is 0 Å². The average Bonchev–Trinajstić information content (AvgIpc) is 2.56. The topological polar surface area (TPSA) is 61.3 Å². The molecule has 0 spiro atoms. The van der Waals surface area contributed by atoms with Gasteiger partial charge in [-0.15, -0.1) is 0 Å². The van der Waals surface area contributed by atoms with Crippen LogP contribution in [0.25, 0.3) is 0 Å². The van der Waals surface area contributed by atoms with Gasteiger partial charge in [-0.2, -0.15) is 4.98 Å². The van der Waals surface area contributed by atoms with Gasteiger partial charge in [0.2, 0.25) is 11.2 Å². The molecule has 3 rings (SSSR count). The number of carbonyl (C=O) groups is 1. The first-order valence-electron chi connectivity index (χ1n) is 7.54. The highest BCUT2D eigenvalue weighted by molar-refractivity contribution is 6.28. The highest BCUT2D eigenvalue weighted by atomic mass is 35.5. The fraction of sp³-hybridized carbons (Fsp3) is 0.353. The molecule has 6 heteroatoms. The monoisotopic (exact) mass is 332 g/mol. The van der Waals surface area contributed by atoms with Crippen LogP contribution in [-0.2, 0) is 28.8 Å². The Kier molecular flexibility index (Phi) is 4.76. The third-order valence-corrected chi connectivity index (χ3v) is 4.00. The van der Waals surface area contributed by atoms with Crippen molar-refractivity contribution < 1.29 is 14.3 Å². The van der Waals surface area contributed by atoms with Crippen LogP contribution in [0.3, 0.4) is 0 Å². The number of carbonyl (C=O) groups excluding carboxylic acids is 1. The summed E-state index contributed by atoms with van der Waals surface area (Å²) in [6.07, 6.45) is 4.27. The molecule has 1 aromatic heterocycles. The first-order valence-corrected chi connectivity index (χ1v) is 7.92. The van der Waals surface area contributed by atoms with Gasteiger partial charge in [0.1, 0.15) is 5.75 Å². The van der Waals surface area contributed by atoms with Crippen LogP contribution >= 0.6 is 11.6 Å². The van der Waals surface area contributed by atoms with Gasteiger partial charge in [-0.3, -0.25) is 4.79 Å². The molecule has 0 unspecified atom stereocenters. The zero-order chi connectivity index (χ0) is 16.2. The molecule has 23 heavy (non-hydrogen) atoms. The highest BCUT2D eigenvalue weighted by Crippen LogP contribution is 2.31. The number of benzene rings is 1. The maximum atomic E-state index is 11.3. The van der Waals surface area contributed by atoms with Crippen molar-refractivity contribution in [2.45, 2.75) is 32.1 Å². The summed E-state index contributed by atoms with van der Waals surface area (Å²) in [6.45, 7) is 0. The minimum Gasteiger partial charge on any atom is -0.469 e. The van der Waals surface area contributed by atoms with E-state index in [0.29, 0.717) is 11.6 Å². The van der Waals surface area contributed by atoms with Gasteiger partial charge in [-0.05, 0) is 55.0 Å². The Balaban J connectivity index is 1.79. The molecule has 1 heterocycles. The number of rotatable bonds is 4. The summed E-state index contributed by atoms with van der Waals surface area (Å²) in [6, 6.07) is 7.29. The standard InChI is InChI=1S/C17H17ClN2O3/c1-22-15(21)10-11-6-8-12(9-7-11)23-16-13-4-2-3-5-14(13)19-17(18)20-16/h6-9H,2-5,10H2,1H3. The van der Waals surface area contributed by atoms with Gasteiger partial charge in [0.25, 0.3) is 0 Å². The molecule has 0 amide bonds. The number of halogens is 1. The van der Waals surface area contributed by atoms with Crippen molar-refractivity contribution in [3.63, 3.8) is 0 Å². The third kappa shape index (κ3) is 3.79. The highest BCUT2D eigenvalue weighted by Gasteiger charge is 2.19. The quantitative estimate of drug-likeness (QED) is 0.633. The zero-order valence-corrected chi connectivity index (χ0v) is 13.6. The van der Waals surface area contributed by atoms with E-state index in [1.807, 2.05) is 24.3 Å². The second-order valence-electron chi connectivity index (χ2n) is 5.43. The van der Waals surface area contributed by atoms with E-state index in [0.717, 1.165) is 42.5 Å². The normalized spacial score (nSPS) is 13.3. The lowest BCUT2D eigenvalue weighted by Gasteiger charge is -2.17. The van der Waals surface area contributed by atoms with E-state index in [-0.39, 0.29) is 17.7 Å². The van der Waals surface area contributed by atoms with Crippen molar-refractivity contribution in [2.24, 2.45) is 0 Å². The van der Waals surface area contributed by atoms with E-state index in [9.17, 15) is 4.79 Å². The summed E-state index contributed by atoms with van der Waals surface area (Å²) >= 11 is 5.99. The third-order valence-electron chi connectivity index (χ3n) is 3.83. The number of ether oxygens (including phenoxy) is 2. The molecule has 0 saturated carbocycles. The second kappa shape index (κ2) is 6.96. The van der Waals surface area contributed by atoms with Crippen molar-refractivity contribution in [1.82, 2.24) is 9.97 Å². The number of aromatic nitrogens is 2. The van der Waals surface area contributed by atoms with Crippen LogP contribution in [0.2, 0.25) is 5.28 Å². The molecule has 1 aliphatic carbocycles. The van der Waals surface area contributed by atoms with Gasteiger partial charge in [0, 0.05) is 5.56 Å². The lowest BCUT2D eigenvalue weighted by atomic mass is 9.97. The van der Waals surface area contributed by atoms with Crippen molar-refractivity contribution in [3.8, 4) is 11.6 Å². The largest absolute Gasteiger partial charge is 0.469 e. The Bertz CT molecular complexity index is 717. The summed E-state index contributed by atoms with van der Waals surface area (Å²) in [5.41, 5.74) is 2.89. The lowest BCUT2D eigenvalue weighted by molar-refractivity contribution is -0.139. The number of methoxy groups -OCH3 is 1. The second-order valence-corrected chi connectivity index (χ2v) is 5.77. The van der Waals surface area contributed by atoms with Gasteiger partial charge in [0.05, 0.1) is 19.2 Å². The first kappa shape index (κ1) is 15.7. The van der Waals surface area contributed by atoms with E-state index in [1.54, 1.807) is 0 Å². The Morgan fingerprint density at radius 1 is 1.17 bits per heavy atom. The van der Waals surface area contributed by atoms with E-state index >= 15 is 0 Å². The van der Waals surface area contributed by atoms with Crippen LogP contribution in [0.5, 0.6) is 11.6 Å². The molecule has 0 fully saturated rings. The van der Waals surface area contributed by atoms with Crippen molar-refractivity contribution >= 4 is 17.6 Å². The summed E-state index contributed by atoms with van der Waals surface area (Å²) in [5.74, 6) is 0.914. The molecule has 0 radical (unpaired) electrons. The molecule has 0 aliphatic heterocycles. The molecule has 1 aromatic carbocycles. The van der Waals surface area contributed by atoms with Crippen molar-refractivity contribution in [2.75, 3.05) is 7.11 Å². The zero-order valence-electron chi connectivity index (χ0n) is 12.8. The molecular weight excluding hydrogens is 316 g/mol. The van der Waals surface area contributed by atoms with Crippen molar-refractivity contribution in [1.29, 1.82) is 0 Å². The predicted molar refractivity (Wildman–Crippen MR) is 85.9 cm³/mol. The molecule has 0 bridgehead atoms. The predicted octanol–water partition coefficient (Wildman–Crippen LogP) is 3.52. The smallest absolute Gasteiger partial charge is 0.309 e. The van der Waals surface area contributed by atoms with Gasteiger partial charge < -0.3 is 9.47 Å². The average molecular weight is 333 g/mol. The molecular formula is C17H17ClN2O3. The lowest BCUT2D eigenvalue weighted by Crippen LogP contribution is -2.09. The van der Waals surface area contributed by atoms with E-state index in [1.165, 1.54) is 7.11 Å². The molecule has 120 valence electrons. The van der Waals surface area contributed by atoms with Crippen LogP contribution in [0, 0.1) is 0 Å². The maximum Gasteiger partial charge on any atom is 0.309 e. The molecule has 0 N–H and O–H groups in total.